The van der Waals surface area contributed by atoms with Crippen LogP contribution in [0.2, 0.25) is 0 Å². The van der Waals surface area contributed by atoms with Gasteiger partial charge in [-0.2, -0.15) is 0 Å². The maximum absolute atomic E-state index is 13.7. The third-order valence-electron chi connectivity index (χ3n) is 14.2. The molecule has 0 aromatic carbocycles. The molecule has 6 heterocycles. The maximum atomic E-state index is 13.7. The van der Waals surface area contributed by atoms with Gasteiger partial charge in [0.15, 0.2) is 18.9 Å². The fraction of sp³-hybridized carbons (Fsp3) is 0.878. The van der Waals surface area contributed by atoms with Gasteiger partial charge in [0, 0.05) is 40.4 Å². The molecule has 3 N–H and O–H groups in total. The Labute approximate surface area is 329 Å². The second kappa shape index (κ2) is 16.0. The first kappa shape index (κ1) is 41.0. The fourth-order valence-corrected chi connectivity index (χ4v) is 11.1. The zero-order valence-electron chi connectivity index (χ0n) is 33.7. The van der Waals surface area contributed by atoms with Crippen molar-refractivity contribution < 1.29 is 72.2 Å². The lowest BCUT2D eigenvalue weighted by Crippen LogP contribution is -2.57. The molecule has 0 spiro atoms. The minimum Gasteiger partial charge on any atom is -0.469 e. The van der Waals surface area contributed by atoms with Crippen LogP contribution in [0.25, 0.3) is 0 Å². The Morgan fingerprint density at radius 1 is 0.804 bits per heavy atom. The summed E-state index contributed by atoms with van der Waals surface area (Å²) in [6.45, 7) is 9.89. The number of hydrogen-bond donors (Lipinski definition) is 3. The van der Waals surface area contributed by atoms with Gasteiger partial charge >= 0.3 is 5.97 Å². The number of hydrogen-bond acceptors (Lipinski definition) is 15. The van der Waals surface area contributed by atoms with E-state index in [1.807, 2.05) is 20.8 Å². The van der Waals surface area contributed by atoms with E-state index in [0.29, 0.717) is 38.7 Å². The van der Waals surface area contributed by atoms with E-state index < -0.39 is 97.2 Å². The first-order chi connectivity index (χ1) is 26.7. The highest BCUT2D eigenvalue weighted by atomic mass is 16.7. The molecule has 6 aliphatic heterocycles. The molecule has 15 nitrogen and oxygen atoms in total. The average Bonchev–Trinajstić information content (AvgIpc) is 3.67. The van der Waals surface area contributed by atoms with Crippen LogP contribution in [0, 0.1) is 23.2 Å². The van der Waals surface area contributed by atoms with Gasteiger partial charge in [0.2, 0.25) is 5.79 Å². The van der Waals surface area contributed by atoms with E-state index in [0.717, 1.165) is 18.4 Å². The van der Waals surface area contributed by atoms with E-state index in [1.54, 1.807) is 27.4 Å². The lowest BCUT2D eigenvalue weighted by Gasteiger charge is -2.52. The Kier molecular flexibility index (Phi) is 11.7. The Hall–Kier alpha value is -1.73. The zero-order valence-corrected chi connectivity index (χ0v) is 33.7. The molecule has 6 fully saturated rings. The highest BCUT2D eigenvalue weighted by Gasteiger charge is 2.59. The number of carbonyl (C=O) groups is 1. The van der Waals surface area contributed by atoms with Crippen molar-refractivity contribution in [1.82, 2.24) is 0 Å². The highest BCUT2D eigenvalue weighted by Crippen LogP contribution is 2.57. The molecule has 0 bridgehead atoms. The number of aliphatic hydroxyl groups is 3. The van der Waals surface area contributed by atoms with E-state index in [4.69, 9.17) is 52.1 Å². The summed E-state index contributed by atoms with van der Waals surface area (Å²) in [4.78, 5) is 13.7. The smallest absolute Gasteiger partial charge is 0.309 e. The van der Waals surface area contributed by atoms with E-state index in [2.05, 4.69) is 13.0 Å². The summed E-state index contributed by atoms with van der Waals surface area (Å²) in [5.74, 6) is -1.40. The van der Waals surface area contributed by atoms with Gasteiger partial charge in [0.25, 0.3) is 0 Å². The van der Waals surface area contributed by atoms with Crippen LogP contribution in [0.15, 0.2) is 23.5 Å². The molecule has 1 saturated carbocycles. The normalized spacial score (nSPS) is 51.9. The monoisotopic (exact) mass is 794 g/mol. The van der Waals surface area contributed by atoms with E-state index in [-0.39, 0.29) is 36.2 Å². The topological polar surface area (TPSA) is 179 Å². The summed E-state index contributed by atoms with van der Waals surface area (Å²) >= 11 is 0. The molecule has 2 aliphatic carbocycles. The molecule has 0 amide bonds. The molecular weight excluding hydrogens is 732 g/mol. The fourth-order valence-electron chi connectivity index (χ4n) is 11.1. The molecule has 0 aromatic rings. The summed E-state index contributed by atoms with van der Waals surface area (Å²) in [6, 6.07) is 0. The van der Waals surface area contributed by atoms with Gasteiger partial charge in [0.1, 0.15) is 24.4 Å². The van der Waals surface area contributed by atoms with Crippen molar-refractivity contribution in [1.29, 1.82) is 0 Å². The van der Waals surface area contributed by atoms with Crippen LogP contribution in [0.4, 0.5) is 0 Å². The van der Waals surface area contributed by atoms with Crippen LogP contribution in [0.1, 0.15) is 86.0 Å². The van der Waals surface area contributed by atoms with Crippen molar-refractivity contribution in [3.8, 4) is 0 Å². The van der Waals surface area contributed by atoms with Crippen molar-refractivity contribution in [3.63, 3.8) is 0 Å². The first-order valence-corrected chi connectivity index (χ1v) is 20.6. The quantitative estimate of drug-likeness (QED) is 0.241. The largest absolute Gasteiger partial charge is 0.469 e. The molecule has 1 unspecified atom stereocenters. The van der Waals surface area contributed by atoms with Crippen molar-refractivity contribution in [2.45, 2.75) is 184 Å². The predicted molar refractivity (Wildman–Crippen MR) is 194 cm³/mol. The summed E-state index contributed by atoms with van der Waals surface area (Å²) < 4.78 is 66.9. The van der Waals surface area contributed by atoms with Crippen LogP contribution in [-0.2, 0) is 56.9 Å². The second-order valence-corrected chi connectivity index (χ2v) is 17.7. The Balaban J connectivity index is 0.868. The lowest BCUT2D eigenvalue weighted by molar-refractivity contribution is -0.338. The molecule has 0 radical (unpaired) electrons. The van der Waals surface area contributed by atoms with E-state index in [1.165, 1.54) is 5.57 Å². The molecule has 56 heavy (non-hydrogen) atoms. The summed E-state index contributed by atoms with van der Waals surface area (Å²) in [7, 11) is 3.16. The predicted octanol–water partition coefficient (Wildman–Crippen LogP) is 3.00. The van der Waals surface area contributed by atoms with Gasteiger partial charge in [-0.05, 0) is 69.8 Å². The summed E-state index contributed by atoms with van der Waals surface area (Å²) in [5, 5.41) is 33.2. The number of carbonyl (C=O) groups excluding carboxylic acids is 1. The minimum atomic E-state index is -0.897. The van der Waals surface area contributed by atoms with Gasteiger partial charge in [-0.25, -0.2) is 0 Å². The molecule has 0 aromatic heterocycles. The third-order valence-corrected chi connectivity index (χ3v) is 14.2. The van der Waals surface area contributed by atoms with E-state index in [9.17, 15) is 20.1 Å². The number of fused-ring (bicyclic) bond motifs is 3. The van der Waals surface area contributed by atoms with Crippen LogP contribution < -0.4 is 0 Å². The molecule has 5 saturated heterocycles. The van der Waals surface area contributed by atoms with Crippen molar-refractivity contribution >= 4 is 5.97 Å². The van der Waals surface area contributed by atoms with Gasteiger partial charge in [-0.1, -0.05) is 18.6 Å². The standard InChI is InChI=1S/C41H62O15/c1-19-36(44)29(46-6)14-34(50-19)55-37-20(2)51-32(13-26(37)42)56-38-21(3)52-33(15-30(38)47-7)53-28-12-23-9-10-24-25(40(23,4)16-27(28)43)11-8-22-17-48-41(5)35(22)31(18-49-41)54-39(24)45/h9,17,19-21,24-38,42-44H,8,10-16,18H2,1-7H3/t19-,20+,21+,24+,25-,26-,27+,28+,29+,30-,31?,32-,33-,34-,35+,36-,37+,38+,40-,41-/m0/s1. The molecule has 20 atom stereocenters. The van der Waals surface area contributed by atoms with Crippen LogP contribution >= 0.6 is 0 Å². The van der Waals surface area contributed by atoms with Crippen LogP contribution in [0.5, 0.6) is 0 Å². The second-order valence-electron chi connectivity index (χ2n) is 17.7. The molecule has 316 valence electrons. The number of ether oxygens (including phenoxy) is 11. The van der Waals surface area contributed by atoms with Gasteiger partial charge in [0.05, 0.1) is 73.5 Å². The zero-order chi connectivity index (χ0) is 39.7. The maximum Gasteiger partial charge on any atom is 0.309 e. The van der Waals surface area contributed by atoms with Crippen molar-refractivity contribution in [2.75, 3.05) is 20.8 Å². The number of methoxy groups -OCH3 is 2. The Morgan fingerprint density at radius 2 is 1.46 bits per heavy atom. The minimum absolute atomic E-state index is 0.00811. The van der Waals surface area contributed by atoms with Crippen molar-refractivity contribution in [3.05, 3.63) is 23.5 Å². The number of allylic oxidation sites excluding steroid dienone is 1. The van der Waals surface area contributed by atoms with Crippen molar-refractivity contribution in [2.24, 2.45) is 23.2 Å². The molecule has 8 rings (SSSR count). The van der Waals surface area contributed by atoms with Crippen LogP contribution in [-0.4, -0.2) is 140 Å². The summed E-state index contributed by atoms with van der Waals surface area (Å²) in [6.07, 6.45) is -0.916. The summed E-state index contributed by atoms with van der Waals surface area (Å²) in [5.41, 5.74) is 1.92. The third kappa shape index (κ3) is 7.51. The molecular formula is C41H62O15. The van der Waals surface area contributed by atoms with Gasteiger partial charge in [-0.3, -0.25) is 4.79 Å². The Bertz CT molecular complexity index is 1480. The number of aliphatic hydroxyl groups excluding tert-OH is 3. The molecule has 15 heteroatoms. The lowest BCUT2D eigenvalue weighted by atomic mass is 9.55. The van der Waals surface area contributed by atoms with Crippen LogP contribution in [0.3, 0.4) is 0 Å². The highest BCUT2D eigenvalue weighted by molar-refractivity contribution is 5.74. The number of esters is 1. The van der Waals surface area contributed by atoms with Gasteiger partial charge in [-0.15, -0.1) is 0 Å². The number of rotatable bonds is 8. The van der Waals surface area contributed by atoms with Gasteiger partial charge < -0.3 is 67.4 Å². The van der Waals surface area contributed by atoms with E-state index >= 15 is 0 Å². The Morgan fingerprint density at radius 3 is 2.20 bits per heavy atom. The molecule has 8 aliphatic rings. The SMILES string of the molecule is CO[C@H]1C[C@H](O[C@@H]2CC3=CC[C@H]4C(=O)OC5CO[C@]6(C)OC=C(CC[C@@H]4[C@@]3(C)C[C@H]2O)[C@H]56)O[C@H](C)[C@H]1O[C@H]1C[C@H](O)[C@H](O[C@H]2C[C@@H](OC)[C@@H](O)[C@H](C)O2)[C@@H](C)O1. The average molecular weight is 795 g/mol. The first-order valence-electron chi connectivity index (χ1n) is 20.6.